The smallest absolute Gasteiger partial charge is 0.213 e. The lowest BCUT2D eigenvalue weighted by Crippen LogP contribution is -2.25. The molecule has 4 nitrogen and oxygen atoms in total. The first kappa shape index (κ1) is 19.6. The van der Waals surface area contributed by atoms with E-state index in [0.717, 1.165) is 34.1 Å². The Balaban J connectivity index is 1.59. The van der Waals surface area contributed by atoms with Gasteiger partial charge in [-0.25, -0.2) is 15.0 Å². The van der Waals surface area contributed by atoms with Crippen molar-refractivity contribution in [2.75, 3.05) is 5.32 Å². The number of anilines is 1. The van der Waals surface area contributed by atoms with Crippen LogP contribution in [0.5, 0.6) is 0 Å². The summed E-state index contributed by atoms with van der Waals surface area (Å²) in [6.45, 7) is 6.12. The highest BCUT2D eigenvalue weighted by atomic mass is 19.1. The van der Waals surface area contributed by atoms with Crippen LogP contribution in [0.25, 0.3) is 16.8 Å². The van der Waals surface area contributed by atoms with Gasteiger partial charge >= 0.3 is 0 Å². The maximum absolute atomic E-state index is 14.0. The SMILES string of the molecule is C/C1=C/C(C)=C(c2nc(NC3C=C4CC4C3C)cc(-c3ccccc3)n2)/C=N\C(F)=C1. The highest BCUT2D eigenvalue weighted by Crippen LogP contribution is 2.51. The number of halogens is 1. The van der Waals surface area contributed by atoms with E-state index >= 15 is 0 Å². The summed E-state index contributed by atoms with van der Waals surface area (Å²) >= 11 is 0. The molecule has 0 spiro atoms. The quantitative estimate of drug-likeness (QED) is 0.485. The molecule has 1 fully saturated rings. The number of nitrogens with zero attached hydrogens (tertiary/aromatic N) is 3. The summed E-state index contributed by atoms with van der Waals surface area (Å²) < 4.78 is 14.0. The van der Waals surface area contributed by atoms with Gasteiger partial charge in [0, 0.05) is 29.5 Å². The summed E-state index contributed by atoms with van der Waals surface area (Å²) in [7, 11) is 0. The molecule has 5 heteroatoms. The third-order valence-electron chi connectivity index (χ3n) is 6.25. The van der Waals surface area contributed by atoms with Crippen molar-refractivity contribution in [2.45, 2.75) is 33.2 Å². The van der Waals surface area contributed by atoms with Crippen molar-refractivity contribution in [3.05, 3.63) is 83.1 Å². The lowest BCUT2D eigenvalue weighted by molar-refractivity contribution is 0.510. The minimum atomic E-state index is -0.526. The summed E-state index contributed by atoms with van der Waals surface area (Å²) in [5, 5.41) is 3.61. The van der Waals surface area contributed by atoms with Gasteiger partial charge in [0.15, 0.2) is 5.82 Å². The van der Waals surface area contributed by atoms with E-state index in [1.165, 1.54) is 18.7 Å². The number of rotatable bonds is 4. The van der Waals surface area contributed by atoms with E-state index in [1.807, 2.05) is 56.3 Å². The first-order valence-corrected chi connectivity index (χ1v) is 10.7. The van der Waals surface area contributed by atoms with Crippen molar-refractivity contribution in [2.24, 2.45) is 16.8 Å². The Bertz CT molecular complexity index is 1190. The molecule has 0 bridgehead atoms. The Morgan fingerprint density at radius 3 is 2.61 bits per heavy atom. The largest absolute Gasteiger partial charge is 0.363 e. The van der Waals surface area contributed by atoms with Crippen molar-refractivity contribution >= 4 is 17.6 Å². The second-order valence-electron chi connectivity index (χ2n) is 8.62. The molecule has 3 atom stereocenters. The number of allylic oxidation sites excluding steroid dienone is 6. The molecule has 156 valence electrons. The molecular formula is C26H25FN4. The lowest BCUT2D eigenvalue weighted by Gasteiger charge is -2.20. The summed E-state index contributed by atoms with van der Waals surface area (Å²) in [5.41, 5.74) is 5.84. The Morgan fingerprint density at radius 2 is 1.87 bits per heavy atom. The van der Waals surface area contributed by atoms with Crippen LogP contribution in [-0.2, 0) is 0 Å². The normalized spacial score (nSPS) is 29.7. The van der Waals surface area contributed by atoms with Crippen LogP contribution in [0.3, 0.4) is 0 Å². The van der Waals surface area contributed by atoms with E-state index < -0.39 is 5.95 Å². The number of fused-ring (bicyclic) bond motifs is 1. The molecule has 0 radical (unpaired) electrons. The summed E-state index contributed by atoms with van der Waals surface area (Å²) in [4.78, 5) is 13.6. The van der Waals surface area contributed by atoms with Gasteiger partial charge in [-0.05, 0) is 49.3 Å². The Morgan fingerprint density at radius 1 is 1.06 bits per heavy atom. The topological polar surface area (TPSA) is 50.2 Å². The van der Waals surface area contributed by atoms with Gasteiger partial charge < -0.3 is 5.32 Å². The number of nitrogens with one attached hydrogen (secondary N) is 1. The fourth-order valence-electron chi connectivity index (χ4n) is 4.43. The Hall–Kier alpha value is -3.34. The highest BCUT2D eigenvalue weighted by molar-refractivity contribution is 6.10. The van der Waals surface area contributed by atoms with Crippen LogP contribution in [0.1, 0.15) is 33.0 Å². The average molecular weight is 413 g/mol. The molecule has 1 N–H and O–H groups in total. The van der Waals surface area contributed by atoms with Gasteiger partial charge in [0.2, 0.25) is 5.95 Å². The van der Waals surface area contributed by atoms with Gasteiger partial charge in [-0.3, -0.25) is 0 Å². The van der Waals surface area contributed by atoms with Gasteiger partial charge in [0.25, 0.3) is 0 Å². The molecule has 2 heterocycles. The average Bonchev–Trinajstić information content (AvgIpc) is 3.45. The van der Waals surface area contributed by atoms with Gasteiger partial charge in [-0.2, -0.15) is 4.39 Å². The van der Waals surface area contributed by atoms with E-state index in [2.05, 4.69) is 23.3 Å². The third kappa shape index (κ3) is 4.00. The van der Waals surface area contributed by atoms with Crippen LogP contribution >= 0.6 is 0 Å². The van der Waals surface area contributed by atoms with Gasteiger partial charge in [0.05, 0.1) is 5.69 Å². The van der Waals surface area contributed by atoms with Crippen LogP contribution in [-0.4, -0.2) is 22.2 Å². The molecule has 2 aliphatic carbocycles. The molecule has 0 saturated heterocycles. The summed E-state index contributed by atoms with van der Waals surface area (Å²) in [5.74, 6) is 2.06. The number of aliphatic imine (C=N–C) groups is 1. The van der Waals surface area contributed by atoms with Crippen LogP contribution in [0.2, 0.25) is 0 Å². The highest BCUT2D eigenvalue weighted by Gasteiger charge is 2.44. The zero-order valence-corrected chi connectivity index (χ0v) is 17.9. The fourth-order valence-corrected chi connectivity index (χ4v) is 4.43. The Labute approximate surface area is 182 Å². The van der Waals surface area contributed by atoms with Gasteiger partial charge in [-0.15, -0.1) is 0 Å². The van der Waals surface area contributed by atoms with E-state index in [0.29, 0.717) is 17.3 Å². The molecule has 1 aliphatic heterocycles. The van der Waals surface area contributed by atoms with E-state index in [4.69, 9.17) is 9.97 Å². The molecule has 1 saturated carbocycles. The van der Waals surface area contributed by atoms with Crippen molar-refractivity contribution in [3.8, 4) is 11.3 Å². The molecule has 0 amide bonds. The molecule has 1 aromatic carbocycles. The maximum Gasteiger partial charge on any atom is 0.213 e. The standard InChI is InChI=1S/C26H25FN4/c1-15-9-16(2)21(14-28-24(27)10-15)26-30-23(18-7-5-4-6-8-18)13-25(31-26)29-22-12-19-11-20(19)17(22)3/h4-10,12-14,17,20,22H,11H2,1-3H3,(H,29,30,31)/b15-9-,15-10?,16-9?,21-14?,21-16-,24-10?,28-14-,28-24?. The van der Waals surface area contributed by atoms with Crippen LogP contribution < -0.4 is 5.32 Å². The van der Waals surface area contributed by atoms with Crippen LogP contribution in [0.4, 0.5) is 10.2 Å². The maximum atomic E-state index is 14.0. The lowest BCUT2D eigenvalue weighted by atomic mass is 10.0. The van der Waals surface area contributed by atoms with Crippen molar-refractivity contribution in [1.82, 2.24) is 9.97 Å². The van der Waals surface area contributed by atoms with Gasteiger partial charge in [-0.1, -0.05) is 55.0 Å². The van der Waals surface area contributed by atoms with Crippen molar-refractivity contribution < 1.29 is 4.39 Å². The zero-order chi connectivity index (χ0) is 21.5. The van der Waals surface area contributed by atoms with E-state index in [9.17, 15) is 4.39 Å². The molecule has 2 aromatic rings. The monoisotopic (exact) mass is 412 g/mol. The van der Waals surface area contributed by atoms with Crippen LogP contribution in [0, 0.1) is 11.8 Å². The Kier molecular flexibility index (Phi) is 4.89. The minimum Gasteiger partial charge on any atom is -0.363 e. The number of benzene rings is 1. The van der Waals surface area contributed by atoms with Crippen LogP contribution in [0.15, 0.2) is 82.3 Å². The van der Waals surface area contributed by atoms with Crippen molar-refractivity contribution in [1.29, 1.82) is 0 Å². The minimum absolute atomic E-state index is 0.267. The second kappa shape index (κ2) is 7.73. The molecular weight excluding hydrogens is 387 g/mol. The molecule has 5 rings (SSSR count). The number of hydrogen-bond donors (Lipinski definition) is 1. The third-order valence-corrected chi connectivity index (χ3v) is 6.25. The number of hydrogen-bond acceptors (Lipinski definition) is 4. The summed E-state index contributed by atoms with van der Waals surface area (Å²) in [6.07, 6.45) is 8.45. The molecule has 3 unspecified atom stereocenters. The van der Waals surface area contributed by atoms with E-state index in [1.54, 1.807) is 5.57 Å². The number of aromatic nitrogens is 2. The zero-order valence-electron chi connectivity index (χ0n) is 17.9. The predicted molar refractivity (Wildman–Crippen MR) is 124 cm³/mol. The first-order chi connectivity index (χ1) is 15.0. The van der Waals surface area contributed by atoms with Crippen molar-refractivity contribution in [3.63, 3.8) is 0 Å². The van der Waals surface area contributed by atoms with E-state index in [-0.39, 0.29) is 6.04 Å². The predicted octanol–water partition coefficient (Wildman–Crippen LogP) is 6.14. The van der Waals surface area contributed by atoms with Gasteiger partial charge in [0.1, 0.15) is 5.82 Å². The molecule has 3 aliphatic rings. The fraction of sp³-hybridized carbons (Fsp3) is 0.269. The second-order valence-corrected chi connectivity index (χ2v) is 8.62. The summed E-state index contributed by atoms with van der Waals surface area (Å²) in [6, 6.07) is 12.3. The molecule has 31 heavy (non-hydrogen) atoms. The molecule has 1 aromatic heterocycles. The first-order valence-electron chi connectivity index (χ1n) is 10.7.